The lowest BCUT2D eigenvalue weighted by Gasteiger charge is -2.33. The molecule has 2 nitrogen and oxygen atoms in total. The highest BCUT2D eigenvalue weighted by Crippen LogP contribution is 2.24. The largest absolute Gasteiger partial charge is 0.356 e. The number of nitrogens with zero attached hydrogens (tertiary/aromatic N) is 2. The molecule has 1 rings (SSSR count). The highest BCUT2D eigenvalue weighted by Gasteiger charge is 2.24. The summed E-state index contributed by atoms with van der Waals surface area (Å²) in [4.78, 5) is 5.37. The second kappa shape index (κ2) is 28.9. The van der Waals surface area contributed by atoms with Gasteiger partial charge in [0.1, 0.15) is 6.17 Å². The molecule has 1 atom stereocenters. The van der Waals surface area contributed by atoms with Gasteiger partial charge in [-0.3, -0.25) is 0 Å². The molecule has 0 bridgehead atoms. The Bertz CT molecular complexity index is 502. The van der Waals surface area contributed by atoms with Gasteiger partial charge < -0.3 is 9.80 Å². The summed E-state index contributed by atoms with van der Waals surface area (Å²) in [6, 6.07) is 0. The monoisotopic (exact) mass is 547 g/mol. The molecule has 0 saturated heterocycles. The maximum Gasteiger partial charge on any atom is 0.101 e. The van der Waals surface area contributed by atoms with Gasteiger partial charge in [0.15, 0.2) is 0 Å². The van der Waals surface area contributed by atoms with Gasteiger partial charge in [-0.05, 0) is 25.7 Å². The van der Waals surface area contributed by atoms with Crippen LogP contribution in [0.1, 0.15) is 207 Å². The van der Waals surface area contributed by atoms with Crippen LogP contribution in [0.2, 0.25) is 0 Å². The highest BCUT2D eigenvalue weighted by atomic mass is 15.4. The zero-order valence-electron chi connectivity index (χ0n) is 27.5. The Hall–Kier alpha value is -0.660. The molecular formula is C37H74N2. The van der Waals surface area contributed by atoms with Crippen molar-refractivity contribution in [2.75, 3.05) is 13.1 Å². The summed E-state index contributed by atoms with van der Waals surface area (Å²) in [5, 5.41) is 0. The summed E-state index contributed by atoms with van der Waals surface area (Å²) in [5.74, 6) is 0. The van der Waals surface area contributed by atoms with Crippen LogP contribution in [0.25, 0.3) is 0 Å². The van der Waals surface area contributed by atoms with Gasteiger partial charge in [0, 0.05) is 25.5 Å². The summed E-state index contributed by atoms with van der Waals surface area (Å²) in [6.07, 6.45) is 47.0. The van der Waals surface area contributed by atoms with Crippen molar-refractivity contribution in [3.63, 3.8) is 0 Å². The maximum absolute atomic E-state index is 2.69. The third kappa shape index (κ3) is 21.7. The smallest absolute Gasteiger partial charge is 0.101 e. The summed E-state index contributed by atoms with van der Waals surface area (Å²) in [5.41, 5.74) is 0. The number of hydrogen-bond donors (Lipinski definition) is 0. The minimum absolute atomic E-state index is 0.641. The molecule has 2 heteroatoms. The molecule has 1 heterocycles. The minimum Gasteiger partial charge on any atom is -0.356 e. The van der Waals surface area contributed by atoms with E-state index in [1.807, 2.05) is 0 Å². The second-order valence-corrected chi connectivity index (χ2v) is 12.9. The average Bonchev–Trinajstić information content (AvgIpc) is 3.33. The normalized spacial score (nSPS) is 15.2. The van der Waals surface area contributed by atoms with Crippen molar-refractivity contribution in [2.24, 2.45) is 0 Å². The molecule has 1 unspecified atom stereocenters. The predicted molar refractivity (Wildman–Crippen MR) is 177 cm³/mol. The van der Waals surface area contributed by atoms with Gasteiger partial charge in [-0.15, -0.1) is 0 Å². The van der Waals surface area contributed by atoms with Crippen molar-refractivity contribution < 1.29 is 0 Å². The highest BCUT2D eigenvalue weighted by molar-refractivity contribution is 4.97. The first kappa shape index (κ1) is 36.4. The Morgan fingerprint density at radius 1 is 0.333 bits per heavy atom. The molecular weight excluding hydrogens is 472 g/mol. The maximum atomic E-state index is 2.69. The lowest BCUT2D eigenvalue weighted by atomic mass is 10.0. The Morgan fingerprint density at radius 3 is 0.949 bits per heavy atom. The first-order valence-electron chi connectivity index (χ1n) is 18.5. The second-order valence-electron chi connectivity index (χ2n) is 12.9. The summed E-state index contributed by atoms with van der Waals surface area (Å²) < 4.78 is 0. The SMILES string of the molecule is CCCCCCCCCCCCCCCCCCC1N(CCCCC)C=CN1CCCCCCCCCCC. The van der Waals surface area contributed by atoms with E-state index in [4.69, 9.17) is 0 Å². The number of hydrogen-bond acceptors (Lipinski definition) is 2. The summed E-state index contributed by atoms with van der Waals surface area (Å²) in [7, 11) is 0. The van der Waals surface area contributed by atoms with E-state index in [9.17, 15) is 0 Å². The molecule has 0 aliphatic carbocycles. The first-order valence-corrected chi connectivity index (χ1v) is 18.5. The van der Waals surface area contributed by atoms with Gasteiger partial charge in [0.2, 0.25) is 0 Å². The van der Waals surface area contributed by atoms with Crippen LogP contribution in [0.15, 0.2) is 12.4 Å². The Labute approximate surface area is 248 Å². The molecule has 0 aromatic heterocycles. The first-order chi connectivity index (χ1) is 19.3. The topological polar surface area (TPSA) is 6.48 Å². The van der Waals surface area contributed by atoms with E-state index in [1.54, 1.807) is 0 Å². The van der Waals surface area contributed by atoms with Crippen molar-refractivity contribution in [1.29, 1.82) is 0 Å². The molecule has 0 aromatic carbocycles. The standard InChI is InChI=1S/C37H74N2/c1-4-7-10-12-14-16-17-18-19-20-21-22-23-25-27-29-32-37-38(33-30-9-6-3)35-36-39(37)34-31-28-26-24-15-13-11-8-5-2/h35-37H,4-34H2,1-3H3. The average molecular weight is 547 g/mol. The van der Waals surface area contributed by atoms with Crippen LogP contribution in [0.5, 0.6) is 0 Å². The lowest BCUT2D eigenvalue weighted by Crippen LogP contribution is -2.39. The molecule has 0 N–H and O–H groups in total. The van der Waals surface area contributed by atoms with Crippen LogP contribution in [0.4, 0.5) is 0 Å². The van der Waals surface area contributed by atoms with E-state index in [0.717, 1.165) is 0 Å². The Kier molecular flexibility index (Phi) is 26.9. The fourth-order valence-corrected chi connectivity index (χ4v) is 6.36. The van der Waals surface area contributed by atoms with E-state index in [0.29, 0.717) is 6.17 Å². The fourth-order valence-electron chi connectivity index (χ4n) is 6.36. The zero-order chi connectivity index (χ0) is 28.1. The molecule has 0 saturated carbocycles. The van der Waals surface area contributed by atoms with E-state index in [2.05, 4.69) is 43.0 Å². The van der Waals surface area contributed by atoms with Gasteiger partial charge in [-0.25, -0.2) is 0 Å². The number of rotatable bonds is 31. The molecule has 0 aromatic rings. The van der Waals surface area contributed by atoms with E-state index in [1.165, 1.54) is 199 Å². The van der Waals surface area contributed by atoms with Crippen LogP contribution >= 0.6 is 0 Å². The van der Waals surface area contributed by atoms with E-state index < -0.39 is 0 Å². The molecule has 232 valence electrons. The molecule has 1 aliphatic heterocycles. The molecule has 1 aliphatic rings. The van der Waals surface area contributed by atoms with Crippen LogP contribution in [-0.4, -0.2) is 29.1 Å². The van der Waals surface area contributed by atoms with Crippen LogP contribution < -0.4 is 0 Å². The van der Waals surface area contributed by atoms with Gasteiger partial charge in [-0.1, -0.05) is 181 Å². The Balaban J connectivity index is 2.07. The summed E-state index contributed by atoms with van der Waals surface area (Å²) >= 11 is 0. The van der Waals surface area contributed by atoms with Crippen molar-refractivity contribution in [3.05, 3.63) is 12.4 Å². The Morgan fingerprint density at radius 2 is 0.590 bits per heavy atom. The number of unbranched alkanes of at least 4 members (excludes halogenated alkanes) is 25. The zero-order valence-corrected chi connectivity index (χ0v) is 27.5. The minimum atomic E-state index is 0.641. The molecule has 0 amide bonds. The van der Waals surface area contributed by atoms with Crippen molar-refractivity contribution in [3.8, 4) is 0 Å². The third-order valence-corrected chi connectivity index (χ3v) is 9.07. The molecule has 39 heavy (non-hydrogen) atoms. The molecule has 0 fully saturated rings. The van der Waals surface area contributed by atoms with Gasteiger partial charge in [0.05, 0.1) is 0 Å². The van der Waals surface area contributed by atoms with E-state index >= 15 is 0 Å². The molecule has 0 spiro atoms. The molecule has 0 radical (unpaired) electrons. The van der Waals surface area contributed by atoms with Crippen molar-refractivity contribution >= 4 is 0 Å². The van der Waals surface area contributed by atoms with Crippen LogP contribution in [0, 0.1) is 0 Å². The third-order valence-electron chi connectivity index (χ3n) is 9.07. The van der Waals surface area contributed by atoms with Crippen molar-refractivity contribution in [1.82, 2.24) is 9.80 Å². The lowest BCUT2D eigenvalue weighted by molar-refractivity contribution is 0.135. The van der Waals surface area contributed by atoms with E-state index in [-0.39, 0.29) is 0 Å². The van der Waals surface area contributed by atoms with Crippen molar-refractivity contribution in [2.45, 2.75) is 213 Å². The quantitative estimate of drug-likeness (QED) is 0.0798. The van der Waals surface area contributed by atoms with Gasteiger partial charge >= 0.3 is 0 Å². The predicted octanol–water partition coefficient (Wildman–Crippen LogP) is 12.8. The van der Waals surface area contributed by atoms with Gasteiger partial charge in [0.25, 0.3) is 0 Å². The summed E-state index contributed by atoms with van der Waals surface area (Å²) in [6.45, 7) is 9.46. The van der Waals surface area contributed by atoms with Crippen LogP contribution in [0.3, 0.4) is 0 Å². The van der Waals surface area contributed by atoms with Gasteiger partial charge in [-0.2, -0.15) is 0 Å². The fraction of sp³-hybridized carbons (Fsp3) is 0.946. The van der Waals surface area contributed by atoms with Crippen LogP contribution in [-0.2, 0) is 0 Å².